The topological polar surface area (TPSA) is 140 Å². The van der Waals surface area contributed by atoms with Gasteiger partial charge in [0.1, 0.15) is 5.75 Å². The number of halogens is 1. The predicted octanol–water partition coefficient (Wildman–Crippen LogP) is 3.28. The third-order valence-electron chi connectivity index (χ3n) is 3.88. The summed E-state index contributed by atoms with van der Waals surface area (Å²) in [6.45, 7) is 0. The molecule has 12 heteroatoms. The van der Waals surface area contributed by atoms with Crippen molar-refractivity contribution >= 4 is 32.4 Å². The van der Waals surface area contributed by atoms with Crippen molar-refractivity contribution in [3.63, 3.8) is 0 Å². The van der Waals surface area contributed by atoms with Crippen LogP contribution in [-0.2, 0) is 20.8 Å². The number of nitrogens with zero attached hydrogens (tertiary/aromatic N) is 1. The van der Waals surface area contributed by atoms with Crippen molar-refractivity contribution in [2.24, 2.45) is 0 Å². The molecule has 0 radical (unpaired) electrons. The van der Waals surface area contributed by atoms with Gasteiger partial charge in [-0.15, -0.1) is 0 Å². The number of benzene rings is 2. The molecule has 0 aliphatic heterocycles. The van der Waals surface area contributed by atoms with Gasteiger partial charge in [0, 0.05) is 6.20 Å². The monoisotopic (exact) mass is 471 g/mol. The molecule has 9 nitrogen and oxygen atoms in total. The predicted molar refractivity (Wildman–Crippen MR) is 107 cm³/mol. The molecule has 0 aliphatic rings. The normalized spacial score (nSPS) is 12.9. The van der Waals surface area contributed by atoms with Crippen LogP contribution < -0.4 is 8.37 Å². The van der Waals surface area contributed by atoms with Gasteiger partial charge in [0.05, 0.1) is 16.6 Å². The molecule has 1 aromatic heterocycles. The lowest BCUT2D eigenvalue weighted by Gasteiger charge is -2.19. The van der Waals surface area contributed by atoms with Crippen molar-refractivity contribution in [2.45, 2.75) is 5.92 Å². The number of pyridine rings is 1. The summed E-state index contributed by atoms with van der Waals surface area (Å²) in [5.74, 6) is -0.807. The Labute approximate surface area is 177 Å². The van der Waals surface area contributed by atoms with E-state index in [1.807, 2.05) is 0 Å². The zero-order valence-corrected chi connectivity index (χ0v) is 17.3. The smallest absolute Gasteiger partial charge is 0.362 e. The van der Waals surface area contributed by atoms with Crippen LogP contribution in [0.4, 0.5) is 0 Å². The zero-order chi connectivity index (χ0) is 21.9. The molecule has 0 saturated carbocycles. The summed E-state index contributed by atoms with van der Waals surface area (Å²) in [5, 5.41) is -0.0580. The quantitative estimate of drug-likeness (QED) is 0.496. The molecular formula is C18H14ClNO8S2. The number of hydrogen-bond donors (Lipinski definition) is 2. The number of hydrogen-bond acceptors (Lipinski definition) is 7. The lowest BCUT2D eigenvalue weighted by Crippen LogP contribution is -2.09. The van der Waals surface area contributed by atoms with Crippen molar-refractivity contribution in [2.75, 3.05) is 0 Å². The number of rotatable bonds is 7. The minimum atomic E-state index is -4.74. The van der Waals surface area contributed by atoms with Crippen molar-refractivity contribution < 1.29 is 34.3 Å². The lowest BCUT2D eigenvalue weighted by atomic mass is 9.88. The van der Waals surface area contributed by atoms with Crippen LogP contribution in [0.2, 0.25) is 5.02 Å². The molecular weight excluding hydrogens is 458 g/mol. The molecule has 3 aromatic rings. The Morgan fingerprint density at radius 3 is 2.00 bits per heavy atom. The third kappa shape index (κ3) is 5.90. The SMILES string of the molecule is O=S(=O)(O)Oc1ccc(C(c2ccc(OS(=O)(=O)O)c(Cl)c2)c2ccccn2)cc1. The molecule has 0 saturated heterocycles. The van der Waals surface area contributed by atoms with Crippen LogP contribution in [0.3, 0.4) is 0 Å². The fraction of sp³-hybridized carbons (Fsp3) is 0.0556. The van der Waals surface area contributed by atoms with Crippen molar-refractivity contribution in [3.8, 4) is 11.5 Å². The van der Waals surface area contributed by atoms with E-state index in [2.05, 4.69) is 13.4 Å². The molecule has 3 rings (SSSR count). The molecule has 158 valence electrons. The van der Waals surface area contributed by atoms with Crippen molar-refractivity contribution in [1.29, 1.82) is 0 Å². The third-order valence-corrected chi connectivity index (χ3v) is 4.97. The van der Waals surface area contributed by atoms with Crippen LogP contribution in [0.1, 0.15) is 22.7 Å². The van der Waals surface area contributed by atoms with Crippen LogP contribution in [0.5, 0.6) is 11.5 Å². The Balaban J connectivity index is 2.04. The van der Waals surface area contributed by atoms with Gasteiger partial charge in [-0.3, -0.25) is 14.1 Å². The van der Waals surface area contributed by atoms with Crippen LogP contribution in [0.15, 0.2) is 66.9 Å². The van der Waals surface area contributed by atoms with Gasteiger partial charge in [0.25, 0.3) is 0 Å². The summed E-state index contributed by atoms with van der Waals surface area (Å²) in [6.07, 6.45) is 1.59. The average Bonchev–Trinajstić information content (AvgIpc) is 2.64. The molecule has 0 aliphatic carbocycles. The first kappa shape index (κ1) is 22.0. The lowest BCUT2D eigenvalue weighted by molar-refractivity contribution is 0.384. The Hall–Kier alpha value is -2.70. The van der Waals surface area contributed by atoms with E-state index in [9.17, 15) is 16.8 Å². The van der Waals surface area contributed by atoms with Gasteiger partial charge >= 0.3 is 20.8 Å². The van der Waals surface area contributed by atoms with E-state index in [-0.39, 0.29) is 16.5 Å². The Morgan fingerprint density at radius 1 is 0.833 bits per heavy atom. The van der Waals surface area contributed by atoms with Crippen LogP contribution >= 0.6 is 11.6 Å². The summed E-state index contributed by atoms with van der Waals surface area (Å²) in [7, 11) is -9.39. The molecule has 0 fully saturated rings. The molecule has 30 heavy (non-hydrogen) atoms. The highest BCUT2D eigenvalue weighted by Gasteiger charge is 2.21. The van der Waals surface area contributed by atoms with Gasteiger partial charge in [-0.05, 0) is 47.5 Å². The summed E-state index contributed by atoms with van der Waals surface area (Å²) in [5.41, 5.74) is 1.92. The standard InChI is InChI=1S/C18H14ClNO8S2/c19-15-11-13(6-9-17(15)28-30(24,25)26)18(16-3-1-2-10-20-16)12-4-7-14(8-5-12)27-29(21,22)23/h1-11,18H,(H,21,22,23)(H,24,25,26). The van der Waals surface area contributed by atoms with Gasteiger partial charge in [-0.2, -0.15) is 16.8 Å². The highest BCUT2D eigenvalue weighted by atomic mass is 35.5. The van der Waals surface area contributed by atoms with Gasteiger partial charge in [-0.1, -0.05) is 35.9 Å². The first-order chi connectivity index (χ1) is 14.0. The minimum absolute atomic E-state index is 0.0580. The first-order valence-corrected chi connectivity index (χ1v) is 11.3. The maximum absolute atomic E-state index is 10.9. The van der Waals surface area contributed by atoms with E-state index in [4.69, 9.17) is 20.7 Å². The van der Waals surface area contributed by atoms with Gasteiger partial charge < -0.3 is 8.37 Å². The molecule has 1 atom stereocenters. The molecule has 1 unspecified atom stereocenters. The van der Waals surface area contributed by atoms with Crippen LogP contribution in [0.25, 0.3) is 0 Å². The second-order valence-corrected chi connectivity index (χ2v) is 8.42. The van der Waals surface area contributed by atoms with E-state index in [0.29, 0.717) is 16.8 Å². The fourth-order valence-corrected chi connectivity index (χ4v) is 3.80. The van der Waals surface area contributed by atoms with E-state index in [1.165, 1.54) is 24.3 Å². The summed E-state index contributed by atoms with van der Waals surface area (Å²) < 4.78 is 70.1. The second kappa shape index (κ2) is 8.58. The molecule has 2 N–H and O–H groups in total. The Bertz CT molecular complexity index is 1250. The Morgan fingerprint density at radius 2 is 1.47 bits per heavy atom. The largest absolute Gasteiger partial charge is 0.446 e. The summed E-state index contributed by atoms with van der Waals surface area (Å²) in [6, 6.07) is 15.5. The van der Waals surface area contributed by atoms with E-state index in [0.717, 1.165) is 0 Å². The van der Waals surface area contributed by atoms with Gasteiger partial charge in [-0.25, -0.2) is 0 Å². The van der Waals surface area contributed by atoms with E-state index >= 15 is 0 Å². The van der Waals surface area contributed by atoms with Crippen LogP contribution in [-0.4, -0.2) is 30.9 Å². The molecule has 1 heterocycles. The number of aromatic nitrogens is 1. The van der Waals surface area contributed by atoms with E-state index < -0.39 is 26.7 Å². The van der Waals surface area contributed by atoms with Gasteiger partial charge in [0.2, 0.25) is 0 Å². The zero-order valence-electron chi connectivity index (χ0n) is 14.9. The highest BCUT2D eigenvalue weighted by Crippen LogP contribution is 2.36. The molecule has 0 spiro atoms. The first-order valence-electron chi connectivity index (χ1n) is 8.16. The maximum Gasteiger partial charge on any atom is 0.446 e. The maximum atomic E-state index is 10.9. The summed E-state index contributed by atoms with van der Waals surface area (Å²) in [4.78, 5) is 4.35. The fourth-order valence-electron chi connectivity index (χ4n) is 2.80. The average molecular weight is 472 g/mol. The highest BCUT2D eigenvalue weighted by molar-refractivity contribution is 7.81. The summed E-state index contributed by atoms with van der Waals surface area (Å²) >= 11 is 6.12. The molecule has 0 amide bonds. The van der Waals surface area contributed by atoms with E-state index in [1.54, 1.807) is 42.6 Å². The molecule has 2 aromatic carbocycles. The Kier molecular flexibility index (Phi) is 6.29. The van der Waals surface area contributed by atoms with Crippen LogP contribution in [0, 0.1) is 0 Å². The van der Waals surface area contributed by atoms with Gasteiger partial charge in [0.15, 0.2) is 5.75 Å². The second-order valence-electron chi connectivity index (χ2n) is 5.97. The van der Waals surface area contributed by atoms with Crippen molar-refractivity contribution in [1.82, 2.24) is 4.98 Å². The van der Waals surface area contributed by atoms with Crippen molar-refractivity contribution in [3.05, 3.63) is 88.7 Å². The molecule has 0 bridgehead atoms. The minimum Gasteiger partial charge on any atom is -0.362 e.